The maximum atomic E-state index is 9.19. The highest BCUT2D eigenvalue weighted by Crippen LogP contribution is 2.40. The van der Waals surface area contributed by atoms with Crippen LogP contribution in [0.15, 0.2) is 24.3 Å². The normalized spacial score (nSPS) is 27.5. The Balaban J connectivity index is 2.23. The van der Waals surface area contributed by atoms with Crippen LogP contribution < -0.4 is 0 Å². The summed E-state index contributed by atoms with van der Waals surface area (Å²) >= 11 is 1.82. The van der Waals surface area contributed by atoms with Crippen LogP contribution in [0.4, 0.5) is 0 Å². The molecule has 0 aromatic heterocycles. The third-order valence-electron chi connectivity index (χ3n) is 2.44. The van der Waals surface area contributed by atoms with Crippen molar-refractivity contribution in [3.63, 3.8) is 0 Å². The molecule has 3 heteroatoms. The maximum absolute atomic E-state index is 9.19. The minimum atomic E-state index is -0.230. The Morgan fingerprint density at radius 3 is 2.64 bits per heavy atom. The first-order chi connectivity index (χ1) is 6.71. The highest BCUT2D eigenvalue weighted by atomic mass is 32.2. The van der Waals surface area contributed by atoms with E-state index in [1.165, 1.54) is 0 Å². The van der Waals surface area contributed by atoms with Crippen molar-refractivity contribution in [2.75, 3.05) is 12.4 Å². The minimum absolute atomic E-state index is 0.230. The molecule has 0 aliphatic carbocycles. The maximum Gasteiger partial charge on any atom is 0.136 e. The van der Waals surface area contributed by atoms with Crippen LogP contribution in [0.25, 0.3) is 0 Å². The van der Waals surface area contributed by atoms with E-state index in [2.05, 4.69) is 6.92 Å². The van der Waals surface area contributed by atoms with Gasteiger partial charge in [0.1, 0.15) is 10.7 Å². The number of aromatic hydroxyl groups is 1. The third kappa shape index (κ3) is 1.88. The van der Waals surface area contributed by atoms with Gasteiger partial charge in [-0.25, -0.2) is 0 Å². The van der Waals surface area contributed by atoms with Crippen molar-refractivity contribution >= 4 is 11.8 Å². The lowest BCUT2D eigenvalue weighted by Crippen LogP contribution is -2.27. The molecular formula is C11H14O2S. The molecule has 2 nitrogen and oxygen atoms in total. The summed E-state index contributed by atoms with van der Waals surface area (Å²) < 4.78 is 5.77. The molecule has 0 bridgehead atoms. The van der Waals surface area contributed by atoms with Gasteiger partial charge in [0.2, 0.25) is 0 Å². The number of ether oxygens (including phenoxy) is 1. The molecule has 0 radical (unpaired) electrons. The zero-order valence-corrected chi connectivity index (χ0v) is 9.01. The quantitative estimate of drug-likeness (QED) is 0.772. The Kier molecular flexibility index (Phi) is 2.70. The fraction of sp³-hybridized carbons (Fsp3) is 0.455. The molecule has 1 aliphatic rings. The number of phenolic OH excluding ortho intramolecular Hbond substituents is 1. The van der Waals surface area contributed by atoms with Crippen molar-refractivity contribution in [1.82, 2.24) is 0 Å². The lowest BCUT2D eigenvalue weighted by molar-refractivity contribution is 0.0300. The van der Waals surface area contributed by atoms with Crippen LogP contribution in [0.2, 0.25) is 0 Å². The van der Waals surface area contributed by atoms with E-state index in [9.17, 15) is 5.11 Å². The van der Waals surface area contributed by atoms with Crippen molar-refractivity contribution < 1.29 is 9.84 Å². The van der Waals surface area contributed by atoms with E-state index in [1.807, 2.05) is 23.9 Å². The molecule has 14 heavy (non-hydrogen) atoms. The van der Waals surface area contributed by atoms with Gasteiger partial charge in [-0.2, -0.15) is 0 Å². The van der Waals surface area contributed by atoms with Crippen LogP contribution in [0.1, 0.15) is 18.9 Å². The monoisotopic (exact) mass is 210 g/mol. The fourth-order valence-electron chi connectivity index (χ4n) is 1.57. The van der Waals surface area contributed by atoms with Gasteiger partial charge >= 0.3 is 0 Å². The smallest absolute Gasteiger partial charge is 0.136 e. The summed E-state index contributed by atoms with van der Waals surface area (Å²) in [4.78, 5) is -0.230. The second kappa shape index (κ2) is 3.83. The van der Waals surface area contributed by atoms with Gasteiger partial charge in [0.25, 0.3) is 0 Å². The van der Waals surface area contributed by atoms with Crippen molar-refractivity contribution in [3.05, 3.63) is 29.8 Å². The van der Waals surface area contributed by atoms with Crippen LogP contribution in [-0.2, 0) is 9.67 Å². The lowest BCUT2D eigenvalue weighted by Gasteiger charge is -2.33. The van der Waals surface area contributed by atoms with E-state index in [0.29, 0.717) is 5.75 Å². The molecule has 1 aromatic rings. The van der Waals surface area contributed by atoms with Crippen molar-refractivity contribution in [2.45, 2.75) is 18.3 Å². The van der Waals surface area contributed by atoms with E-state index in [0.717, 1.165) is 24.3 Å². The van der Waals surface area contributed by atoms with Gasteiger partial charge in [0, 0.05) is 6.61 Å². The van der Waals surface area contributed by atoms with Crippen LogP contribution >= 0.6 is 11.8 Å². The molecule has 1 fully saturated rings. The summed E-state index contributed by atoms with van der Waals surface area (Å²) in [5.41, 5.74) is 1.13. The van der Waals surface area contributed by atoms with Gasteiger partial charge in [0.05, 0.1) is 0 Å². The van der Waals surface area contributed by atoms with Crippen molar-refractivity contribution in [3.8, 4) is 5.75 Å². The zero-order chi connectivity index (χ0) is 10.0. The SMILES string of the molecule is CC1(c2ccc(O)cc2)OCCCS1. The summed E-state index contributed by atoms with van der Waals surface area (Å²) in [5.74, 6) is 1.44. The van der Waals surface area contributed by atoms with E-state index in [-0.39, 0.29) is 4.93 Å². The summed E-state index contributed by atoms with van der Waals surface area (Å²) in [5, 5.41) is 9.19. The molecule has 0 amide bonds. The van der Waals surface area contributed by atoms with Crippen LogP contribution in [0, 0.1) is 0 Å². The van der Waals surface area contributed by atoms with Gasteiger partial charge < -0.3 is 9.84 Å². The predicted octanol–water partition coefficient (Wildman–Crippen LogP) is 2.72. The van der Waals surface area contributed by atoms with Gasteiger partial charge in [-0.3, -0.25) is 0 Å². The third-order valence-corrected chi connectivity index (χ3v) is 3.83. The average Bonchev–Trinajstić information content (AvgIpc) is 2.19. The number of thioether (sulfide) groups is 1. The summed E-state index contributed by atoms with van der Waals surface area (Å²) in [6.07, 6.45) is 1.12. The van der Waals surface area contributed by atoms with E-state index in [1.54, 1.807) is 12.1 Å². The Morgan fingerprint density at radius 1 is 1.36 bits per heavy atom. The number of hydrogen-bond donors (Lipinski definition) is 1. The molecule has 1 N–H and O–H groups in total. The largest absolute Gasteiger partial charge is 0.508 e. The Hall–Kier alpha value is -0.670. The van der Waals surface area contributed by atoms with E-state index < -0.39 is 0 Å². The number of hydrogen-bond acceptors (Lipinski definition) is 3. The van der Waals surface area contributed by atoms with Gasteiger partial charge in [-0.1, -0.05) is 12.1 Å². The highest BCUT2D eigenvalue weighted by molar-refractivity contribution is 8.00. The Bertz CT molecular complexity index is 302. The summed E-state index contributed by atoms with van der Waals surface area (Å²) in [7, 11) is 0. The van der Waals surface area contributed by atoms with Gasteiger partial charge in [-0.15, -0.1) is 11.8 Å². The molecule has 1 heterocycles. The number of rotatable bonds is 1. The molecular weight excluding hydrogens is 196 g/mol. The minimum Gasteiger partial charge on any atom is -0.508 e. The van der Waals surface area contributed by atoms with E-state index >= 15 is 0 Å². The first kappa shape index (κ1) is 9.87. The predicted molar refractivity (Wildman–Crippen MR) is 58.5 cm³/mol. The van der Waals surface area contributed by atoms with Crippen molar-refractivity contribution in [1.29, 1.82) is 0 Å². The molecule has 1 atom stereocenters. The molecule has 76 valence electrons. The second-order valence-corrected chi connectivity index (χ2v) is 5.02. The first-order valence-corrected chi connectivity index (χ1v) is 5.77. The summed E-state index contributed by atoms with van der Waals surface area (Å²) in [6.45, 7) is 2.91. The molecule has 1 aromatic carbocycles. The van der Waals surface area contributed by atoms with Gasteiger partial charge in [0.15, 0.2) is 0 Å². The number of phenols is 1. The Morgan fingerprint density at radius 2 is 2.07 bits per heavy atom. The van der Waals surface area contributed by atoms with Crippen LogP contribution in [0.3, 0.4) is 0 Å². The molecule has 0 spiro atoms. The first-order valence-electron chi connectivity index (χ1n) is 4.78. The second-order valence-electron chi connectivity index (χ2n) is 3.54. The molecule has 1 aliphatic heterocycles. The average molecular weight is 210 g/mol. The molecule has 0 saturated carbocycles. The van der Waals surface area contributed by atoms with Crippen LogP contribution in [-0.4, -0.2) is 17.5 Å². The Labute approximate surface area is 88.3 Å². The summed E-state index contributed by atoms with van der Waals surface area (Å²) in [6, 6.07) is 7.26. The topological polar surface area (TPSA) is 29.5 Å². The zero-order valence-electron chi connectivity index (χ0n) is 8.19. The molecule has 1 saturated heterocycles. The fourth-order valence-corrected chi connectivity index (χ4v) is 2.69. The van der Waals surface area contributed by atoms with Crippen molar-refractivity contribution in [2.24, 2.45) is 0 Å². The van der Waals surface area contributed by atoms with Crippen LogP contribution in [0.5, 0.6) is 5.75 Å². The molecule has 2 rings (SSSR count). The highest BCUT2D eigenvalue weighted by Gasteiger charge is 2.30. The number of benzene rings is 1. The van der Waals surface area contributed by atoms with Gasteiger partial charge in [-0.05, 0) is 36.8 Å². The standard InChI is InChI=1S/C11H14O2S/c1-11(13-7-2-8-14-11)9-3-5-10(12)6-4-9/h3-6,12H,2,7-8H2,1H3. The molecule has 1 unspecified atom stereocenters. The lowest BCUT2D eigenvalue weighted by atomic mass is 10.1. The van der Waals surface area contributed by atoms with E-state index in [4.69, 9.17) is 4.74 Å².